The Kier molecular flexibility index (Phi) is 5.38. The monoisotopic (exact) mass is 583 g/mol. The average molecular weight is 582 g/mol. The fourth-order valence-corrected chi connectivity index (χ4v) is 43.0. The molecule has 0 aromatic heterocycles. The summed E-state index contributed by atoms with van der Waals surface area (Å²) in [7, 11) is 1.33. The van der Waals surface area contributed by atoms with E-state index in [9.17, 15) is 0 Å². The molecular formula is C28H39HfSi. The van der Waals surface area contributed by atoms with Crippen molar-refractivity contribution in [3.8, 4) is 0 Å². The first-order chi connectivity index (χ1) is 14.0. The number of benzene rings is 2. The van der Waals surface area contributed by atoms with Crippen LogP contribution >= 0.6 is 0 Å². The number of hydrogen-bond donors (Lipinski definition) is 0. The van der Waals surface area contributed by atoms with Gasteiger partial charge in [0, 0.05) is 0 Å². The Morgan fingerprint density at radius 2 is 1.00 bits per heavy atom. The van der Waals surface area contributed by atoms with Crippen LogP contribution in [0.4, 0.5) is 0 Å². The zero-order chi connectivity index (χ0) is 22.0. The molecular weight excluding hydrogens is 543 g/mol. The van der Waals surface area contributed by atoms with Gasteiger partial charge in [-0.3, -0.25) is 0 Å². The molecule has 0 aliphatic heterocycles. The van der Waals surface area contributed by atoms with Crippen LogP contribution < -0.4 is 0 Å². The molecule has 2 aromatic carbocycles. The van der Waals surface area contributed by atoms with Crippen LogP contribution in [0.2, 0.25) is 9.36 Å². The number of hydrogen-bond acceptors (Lipinski definition) is 0. The van der Waals surface area contributed by atoms with E-state index < -0.39 is 17.7 Å². The maximum absolute atomic E-state index is 3.40. The van der Waals surface area contributed by atoms with Crippen LogP contribution in [0.15, 0.2) is 59.7 Å². The van der Waals surface area contributed by atoms with Gasteiger partial charge in [-0.05, 0) is 0 Å². The summed E-state index contributed by atoms with van der Waals surface area (Å²) in [6, 6.07) is 18.8. The van der Waals surface area contributed by atoms with Gasteiger partial charge in [-0.15, -0.1) is 0 Å². The fraction of sp³-hybridized carbons (Fsp3) is 0.429. The molecule has 0 nitrogen and oxygen atoms in total. The first-order valence-electron chi connectivity index (χ1n) is 11.8. The molecule has 2 aliphatic rings. The van der Waals surface area contributed by atoms with Gasteiger partial charge in [-0.2, -0.15) is 0 Å². The van der Waals surface area contributed by atoms with Gasteiger partial charge < -0.3 is 0 Å². The summed E-state index contributed by atoms with van der Waals surface area (Å²) in [5.74, 6) is 1.17. The minimum absolute atomic E-state index is 0.587. The van der Waals surface area contributed by atoms with Crippen LogP contribution in [-0.4, -0.2) is 7.43 Å². The summed E-state index contributed by atoms with van der Waals surface area (Å²) in [4.78, 5) is 0. The van der Waals surface area contributed by atoms with E-state index in [0.717, 1.165) is 0 Å². The van der Waals surface area contributed by atoms with E-state index in [-0.39, 0.29) is 0 Å². The molecule has 2 unspecified atom stereocenters. The van der Waals surface area contributed by atoms with Crippen molar-refractivity contribution in [2.45, 2.75) is 58.3 Å². The Morgan fingerprint density at radius 3 is 1.33 bits per heavy atom. The predicted molar refractivity (Wildman–Crippen MR) is 135 cm³/mol. The van der Waals surface area contributed by atoms with Gasteiger partial charge in [0.1, 0.15) is 0 Å². The Labute approximate surface area is 187 Å². The van der Waals surface area contributed by atoms with Crippen molar-refractivity contribution < 1.29 is 17.7 Å². The molecule has 0 amide bonds. The zero-order valence-corrected chi connectivity index (χ0v) is 26.0. The first-order valence-corrected chi connectivity index (χ1v) is 34.9. The van der Waals surface area contributed by atoms with Gasteiger partial charge in [-0.25, -0.2) is 0 Å². The van der Waals surface area contributed by atoms with Gasteiger partial charge >= 0.3 is 188 Å². The molecule has 0 heterocycles. The summed E-state index contributed by atoms with van der Waals surface area (Å²) in [5.41, 5.74) is 13.1. The third-order valence-electron chi connectivity index (χ3n) is 8.06. The zero-order valence-electron chi connectivity index (χ0n) is 20.4. The second-order valence-electron chi connectivity index (χ2n) is 11.9. The summed E-state index contributed by atoms with van der Waals surface area (Å²) >= 11 is -3.40. The van der Waals surface area contributed by atoms with Crippen LogP contribution in [-0.2, 0) is 17.7 Å². The predicted octanol–water partition coefficient (Wildman–Crippen LogP) is 7.42. The van der Waals surface area contributed by atoms with Crippen molar-refractivity contribution in [3.05, 3.63) is 81.9 Å². The third-order valence-corrected chi connectivity index (χ3v) is 37.7. The molecule has 0 radical (unpaired) electrons. The molecule has 30 heavy (non-hydrogen) atoms. The van der Waals surface area contributed by atoms with Crippen molar-refractivity contribution >= 4 is 18.6 Å². The molecule has 0 fully saturated rings. The normalized spacial score (nSPS) is 22.7. The molecule has 159 valence electrons. The minimum atomic E-state index is -3.40. The molecule has 0 N–H and O–H groups in total. The molecule has 0 bridgehead atoms. The molecule has 2 atom stereocenters. The van der Waals surface area contributed by atoms with Crippen molar-refractivity contribution in [1.82, 2.24) is 0 Å². The van der Waals surface area contributed by atoms with Gasteiger partial charge in [-0.1, -0.05) is 0 Å². The molecule has 0 spiro atoms. The number of rotatable bonds is 4. The summed E-state index contributed by atoms with van der Waals surface area (Å²) in [6.07, 6.45) is 0. The summed E-state index contributed by atoms with van der Waals surface area (Å²) < 4.78 is 6.99. The summed E-state index contributed by atoms with van der Waals surface area (Å²) in [6.45, 7) is 14.5. The van der Waals surface area contributed by atoms with Crippen LogP contribution in [0.25, 0.3) is 11.1 Å². The van der Waals surface area contributed by atoms with E-state index in [1.165, 1.54) is 7.43 Å². The first kappa shape index (κ1) is 22.2. The van der Waals surface area contributed by atoms with Crippen LogP contribution in [0.1, 0.15) is 71.1 Å². The SMILES string of the molecule is CC1=C(C(C)C)c2ccccc2[CH]1[Hf]([CH3])([CH3])([SiH3])[CH]1C(C)=C(C(C)C)c2ccccc21. The van der Waals surface area contributed by atoms with Gasteiger partial charge in [0.05, 0.1) is 0 Å². The summed E-state index contributed by atoms with van der Waals surface area (Å²) in [5, 5.41) is 0. The van der Waals surface area contributed by atoms with E-state index in [4.69, 9.17) is 0 Å². The van der Waals surface area contributed by atoms with Crippen LogP contribution in [0, 0.1) is 11.8 Å². The quantitative estimate of drug-likeness (QED) is 0.330. The van der Waals surface area contributed by atoms with Crippen molar-refractivity contribution in [2.75, 3.05) is 0 Å². The van der Waals surface area contributed by atoms with E-state index in [1.54, 1.807) is 44.5 Å². The van der Waals surface area contributed by atoms with Crippen molar-refractivity contribution in [1.29, 1.82) is 0 Å². The average Bonchev–Trinajstić information content (AvgIpc) is 3.12. The molecule has 2 aromatic rings. The van der Waals surface area contributed by atoms with E-state index in [0.29, 0.717) is 19.2 Å². The number of allylic oxidation sites excluding steroid dienone is 4. The van der Waals surface area contributed by atoms with Gasteiger partial charge in [0.2, 0.25) is 0 Å². The van der Waals surface area contributed by atoms with Gasteiger partial charge in [0.25, 0.3) is 0 Å². The molecule has 2 heteroatoms. The maximum atomic E-state index is 2.81. The second kappa shape index (κ2) is 7.27. The van der Waals surface area contributed by atoms with Crippen LogP contribution in [0.3, 0.4) is 0 Å². The molecule has 4 rings (SSSR count). The molecule has 0 saturated carbocycles. The topological polar surface area (TPSA) is 0 Å². The van der Waals surface area contributed by atoms with E-state index in [1.807, 2.05) is 0 Å². The molecule has 2 aliphatic carbocycles. The van der Waals surface area contributed by atoms with Gasteiger partial charge in [0.15, 0.2) is 0 Å². The second-order valence-corrected chi connectivity index (χ2v) is 66.3. The fourth-order valence-electron chi connectivity index (χ4n) is 7.55. The Bertz CT molecular complexity index is 992. The van der Waals surface area contributed by atoms with E-state index in [2.05, 4.69) is 99.4 Å². The van der Waals surface area contributed by atoms with Crippen molar-refractivity contribution in [3.63, 3.8) is 0 Å². The number of fused-ring (bicyclic) bond motifs is 2. The van der Waals surface area contributed by atoms with Crippen molar-refractivity contribution in [2.24, 2.45) is 11.8 Å². The Balaban J connectivity index is 1.99. The third kappa shape index (κ3) is 3.08. The Morgan fingerprint density at radius 1 is 0.667 bits per heavy atom. The van der Waals surface area contributed by atoms with E-state index >= 15 is 0 Å². The standard InChI is InChI=1S/2C13H15.2CH3.Hf.H3Si/c2*1-9(2)13-10(3)8-11-6-4-5-7-12(11)13;;;;/h2*4-9H,1-3H3;2*1H3;;1H3. The van der Waals surface area contributed by atoms with Crippen LogP contribution in [0.5, 0.6) is 0 Å². The molecule has 0 saturated heterocycles. The Hall–Kier alpha value is -0.993.